The predicted octanol–water partition coefficient (Wildman–Crippen LogP) is 1.57. The monoisotopic (exact) mass is 246 g/mol. The van der Waals surface area contributed by atoms with Crippen molar-refractivity contribution >= 4 is 5.91 Å². The number of nitrogens with one attached hydrogen (secondary N) is 1. The van der Waals surface area contributed by atoms with Crippen LogP contribution in [0.2, 0.25) is 0 Å². The van der Waals surface area contributed by atoms with Gasteiger partial charge in [0.05, 0.1) is 0 Å². The molecule has 98 valence electrons. The van der Waals surface area contributed by atoms with Gasteiger partial charge in [0.2, 0.25) is 5.91 Å². The Balaban J connectivity index is 1.78. The van der Waals surface area contributed by atoms with E-state index in [0.717, 1.165) is 6.42 Å². The topological polar surface area (TPSA) is 55.1 Å². The summed E-state index contributed by atoms with van der Waals surface area (Å²) in [5, 5.41) is 2.91. The summed E-state index contributed by atoms with van der Waals surface area (Å²) in [5.41, 5.74) is 9.89. The summed E-state index contributed by atoms with van der Waals surface area (Å²) in [4.78, 5) is 11.4. The number of fused-ring (bicyclic) bond motifs is 1. The lowest BCUT2D eigenvalue weighted by atomic mass is 10.0. The first-order valence-electron chi connectivity index (χ1n) is 6.78. The van der Waals surface area contributed by atoms with Crippen LogP contribution in [0.4, 0.5) is 0 Å². The molecule has 0 heterocycles. The molecule has 0 radical (unpaired) electrons. The van der Waals surface area contributed by atoms with Crippen LogP contribution in [0.25, 0.3) is 0 Å². The number of hydrogen-bond donors (Lipinski definition) is 2. The molecule has 0 saturated heterocycles. The van der Waals surface area contributed by atoms with Crippen molar-refractivity contribution in [2.75, 3.05) is 6.54 Å². The van der Waals surface area contributed by atoms with Crippen molar-refractivity contribution in [1.29, 1.82) is 0 Å². The van der Waals surface area contributed by atoms with Crippen LogP contribution in [0.1, 0.15) is 36.5 Å². The molecule has 0 fully saturated rings. The second-order valence-electron chi connectivity index (χ2n) is 5.24. The summed E-state index contributed by atoms with van der Waals surface area (Å²) in [6.45, 7) is 2.55. The van der Waals surface area contributed by atoms with E-state index in [-0.39, 0.29) is 11.9 Å². The minimum Gasteiger partial charge on any atom is -0.356 e. The molecule has 18 heavy (non-hydrogen) atoms. The second kappa shape index (κ2) is 6.01. The fraction of sp³-hybridized carbons (Fsp3) is 0.533. The molecule has 2 rings (SSSR count). The zero-order valence-corrected chi connectivity index (χ0v) is 11.0. The standard InChI is InChI=1S/C15H22N2O/c1-11(16)9-15(18)17-8-7-12-5-6-13-3-2-4-14(13)10-12/h5-6,10-11H,2-4,7-9,16H2,1H3,(H,17,18). The number of carbonyl (C=O) groups excluding carboxylic acids is 1. The number of aryl methyl sites for hydroxylation is 2. The summed E-state index contributed by atoms with van der Waals surface area (Å²) in [5.74, 6) is 0.0474. The van der Waals surface area contributed by atoms with Gasteiger partial charge in [-0.15, -0.1) is 0 Å². The van der Waals surface area contributed by atoms with Gasteiger partial charge in [-0.05, 0) is 49.3 Å². The van der Waals surface area contributed by atoms with Crippen molar-refractivity contribution in [2.45, 2.75) is 45.1 Å². The third-order valence-corrected chi connectivity index (χ3v) is 3.41. The van der Waals surface area contributed by atoms with E-state index in [0.29, 0.717) is 13.0 Å². The van der Waals surface area contributed by atoms with Gasteiger partial charge in [0, 0.05) is 19.0 Å². The molecule has 3 nitrogen and oxygen atoms in total. The lowest BCUT2D eigenvalue weighted by Crippen LogP contribution is -2.31. The maximum atomic E-state index is 11.4. The van der Waals surface area contributed by atoms with Gasteiger partial charge in [-0.25, -0.2) is 0 Å². The van der Waals surface area contributed by atoms with Crippen LogP contribution in [0, 0.1) is 0 Å². The highest BCUT2D eigenvalue weighted by Gasteiger charge is 2.10. The predicted molar refractivity (Wildman–Crippen MR) is 73.4 cm³/mol. The van der Waals surface area contributed by atoms with Crippen molar-refractivity contribution in [1.82, 2.24) is 5.32 Å². The first-order valence-corrected chi connectivity index (χ1v) is 6.78. The van der Waals surface area contributed by atoms with Crippen LogP contribution in [0.15, 0.2) is 18.2 Å². The van der Waals surface area contributed by atoms with E-state index in [1.54, 1.807) is 0 Å². The van der Waals surface area contributed by atoms with Crippen molar-refractivity contribution in [3.8, 4) is 0 Å². The number of carbonyl (C=O) groups is 1. The van der Waals surface area contributed by atoms with Crippen LogP contribution in [-0.4, -0.2) is 18.5 Å². The molecule has 0 spiro atoms. The first-order chi connectivity index (χ1) is 8.65. The number of hydrogen-bond acceptors (Lipinski definition) is 2. The molecule has 3 heteroatoms. The highest BCUT2D eigenvalue weighted by Crippen LogP contribution is 2.22. The number of benzene rings is 1. The molecule has 1 aliphatic rings. The van der Waals surface area contributed by atoms with Crippen molar-refractivity contribution in [3.05, 3.63) is 34.9 Å². The lowest BCUT2D eigenvalue weighted by Gasteiger charge is -2.08. The number of rotatable bonds is 5. The quantitative estimate of drug-likeness (QED) is 0.828. The van der Waals surface area contributed by atoms with Crippen molar-refractivity contribution in [3.63, 3.8) is 0 Å². The smallest absolute Gasteiger partial charge is 0.221 e. The first kappa shape index (κ1) is 13.1. The average Bonchev–Trinajstić information content (AvgIpc) is 2.75. The van der Waals surface area contributed by atoms with Crippen LogP contribution >= 0.6 is 0 Å². The van der Waals surface area contributed by atoms with E-state index >= 15 is 0 Å². The van der Waals surface area contributed by atoms with E-state index in [9.17, 15) is 4.79 Å². The van der Waals surface area contributed by atoms with E-state index in [2.05, 4.69) is 23.5 Å². The Morgan fingerprint density at radius 3 is 2.94 bits per heavy atom. The molecule has 0 aromatic heterocycles. The molecule has 1 unspecified atom stereocenters. The maximum Gasteiger partial charge on any atom is 0.221 e. The molecular weight excluding hydrogens is 224 g/mol. The summed E-state index contributed by atoms with van der Waals surface area (Å²) >= 11 is 0. The van der Waals surface area contributed by atoms with Gasteiger partial charge >= 0.3 is 0 Å². The highest BCUT2D eigenvalue weighted by molar-refractivity contribution is 5.76. The Kier molecular flexibility index (Phi) is 4.37. The van der Waals surface area contributed by atoms with Gasteiger partial charge in [-0.2, -0.15) is 0 Å². The Bertz CT molecular complexity index is 427. The summed E-state index contributed by atoms with van der Waals surface area (Å²) in [6.07, 6.45) is 5.02. The van der Waals surface area contributed by atoms with E-state index < -0.39 is 0 Å². The fourth-order valence-electron chi connectivity index (χ4n) is 2.49. The summed E-state index contributed by atoms with van der Waals surface area (Å²) in [7, 11) is 0. The molecule has 1 amide bonds. The minimum atomic E-state index is -0.0648. The maximum absolute atomic E-state index is 11.4. The summed E-state index contributed by atoms with van der Waals surface area (Å²) < 4.78 is 0. The minimum absolute atomic E-state index is 0.0474. The van der Waals surface area contributed by atoms with E-state index in [1.165, 1.54) is 36.0 Å². The van der Waals surface area contributed by atoms with E-state index in [4.69, 9.17) is 5.73 Å². The Labute approximate surface area is 109 Å². The molecule has 1 aromatic carbocycles. The Morgan fingerprint density at radius 1 is 1.39 bits per heavy atom. The van der Waals surface area contributed by atoms with Gasteiger partial charge in [0.15, 0.2) is 0 Å². The van der Waals surface area contributed by atoms with Gasteiger partial charge in [0.1, 0.15) is 0 Å². The molecule has 1 aliphatic carbocycles. The van der Waals surface area contributed by atoms with Gasteiger partial charge in [0.25, 0.3) is 0 Å². The molecule has 1 aromatic rings. The normalized spacial score (nSPS) is 15.2. The third-order valence-electron chi connectivity index (χ3n) is 3.41. The second-order valence-corrected chi connectivity index (χ2v) is 5.24. The lowest BCUT2D eigenvalue weighted by molar-refractivity contribution is -0.121. The highest BCUT2D eigenvalue weighted by atomic mass is 16.1. The van der Waals surface area contributed by atoms with Crippen LogP contribution < -0.4 is 11.1 Å². The molecule has 0 aliphatic heterocycles. The van der Waals surface area contributed by atoms with Crippen molar-refractivity contribution in [2.24, 2.45) is 5.73 Å². The van der Waals surface area contributed by atoms with Gasteiger partial charge < -0.3 is 11.1 Å². The number of nitrogens with two attached hydrogens (primary N) is 1. The van der Waals surface area contributed by atoms with Gasteiger partial charge in [-0.3, -0.25) is 4.79 Å². The molecule has 3 N–H and O–H groups in total. The summed E-state index contributed by atoms with van der Waals surface area (Å²) in [6, 6.07) is 6.65. The average molecular weight is 246 g/mol. The largest absolute Gasteiger partial charge is 0.356 e. The Morgan fingerprint density at radius 2 is 2.17 bits per heavy atom. The van der Waals surface area contributed by atoms with Gasteiger partial charge in [-0.1, -0.05) is 18.2 Å². The van der Waals surface area contributed by atoms with Crippen LogP contribution in [-0.2, 0) is 24.1 Å². The molecular formula is C15H22N2O. The number of amides is 1. The van der Waals surface area contributed by atoms with E-state index in [1.807, 2.05) is 6.92 Å². The zero-order chi connectivity index (χ0) is 13.0. The fourth-order valence-corrected chi connectivity index (χ4v) is 2.49. The zero-order valence-electron chi connectivity index (χ0n) is 11.0. The molecule has 1 atom stereocenters. The van der Waals surface area contributed by atoms with Crippen LogP contribution in [0.5, 0.6) is 0 Å². The molecule has 0 saturated carbocycles. The molecule has 0 bridgehead atoms. The SMILES string of the molecule is CC(N)CC(=O)NCCc1ccc2c(c1)CCC2. The van der Waals surface area contributed by atoms with Crippen molar-refractivity contribution < 1.29 is 4.79 Å². The third kappa shape index (κ3) is 3.57. The van der Waals surface area contributed by atoms with Crippen LogP contribution in [0.3, 0.4) is 0 Å². The Hall–Kier alpha value is -1.35.